The fourth-order valence-corrected chi connectivity index (χ4v) is 6.45. The number of fused-ring (bicyclic) bond motifs is 3. The average Bonchev–Trinajstić information content (AvgIpc) is 3.64. The van der Waals surface area contributed by atoms with Crippen LogP contribution in [0.25, 0.3) is 16.6 Å². The molecule has 11 heteroatoms. The van der Waals surface area contributed by atoms with Gasteiger partial charge in [-0.3, -0.25) is 14.1 Å². The molecular formula is C26H24FN3O6S. The lowest BCUT2D eigenvalue weighted by molar-refractivity contribution is 0.0924. The summed E-state index contributed by atoms with van der Waals surface area (Å²) in [6, 6.07) is 11.5. The summed E-state index contributed by atoms with van der Waals surface area (Å²) in [5.74, 6) is 0.218. The van der Waals surface area contributed by atoms with Crippen LogP contribution in [0, 0.1) is 11.7 Å². The molecular weight excluding hydrogens is 501 g/mol. The predicted molar refractivity (Wildman–Crippen MR) is 133 cm³/mol. The van der Waals surface area contributed by atoms with Crippen LogP contribution in [0.1, 0.15) is 24.8 Å². The minimum Gasteiger partial charge on any atom is -0.495 e. The zero-order valence-corrected chi connectivity index (χ0v) is 20.7. The first-order valence-electron chi connectivity index (χ1n) is 11.9. The van der Waals surface area contributed by atoms with Crippen molar-refractivity contribution < 1.29 is 26.8 Å². The highest BCUT2D eigenvalue weighted by molar-refractivity contribution is 7.92. The number of ether oxygens (including phenoxy) is 2. The predicted octanol–water partition coefficient (Wildman–Crippen LogP) is 4.04. The summed E-state index contributed by atoms with van der Waals surface area (Å²) >= 11 is 0. The van der Waals surface area contributed by atoms with Gasteiger partial charge in [0.15, 0.2) is 5.82 Å². The van der Waals surface area contributed by atoms with Crippen molar-refractivity contribution in [3.63, 3.8) is 0 Å². The number of aromatic nitrogens is 2. The SMILES string of the molecule is COc1cc(C[C@H]2C[C@H]3CC[C@@H]2O3)c(F)cc1-n1c(=O)ccc2cc(S(=O)(=O)Nc3ccon3)ccc21. The molecule has 4 aromatic rings. The summed E-state index contributed by atoms with van der Waals surface area (Å²) in [6.07, 6.45) is 5.22. The van der Waals surface area contributed by atoms with Crippen LogP contribution in [0.2, 0.25) is 0 Å². The number of rotatable bonds is 7. The van der Waals surface area contributed by atoms with Gasteiger partial charge in [-0.25, -0.2) is 12.8 Å². The Kier molecular flexibility index (Phi) is 5.76. The number of sulfonamides is 1. The van der Waals surface area contributed by atoms with Crippen molar-refractivity contribution in [1.82, 2.24) is 9.72 Å². The lowest BCUT2D eigenvalue weighted by Crippen LogP contribution is -2.21. The molecule has 9 nitrogen and oxygen atoms in total. The molecule has 0 aliphatic carbocycles. The summed E-state index contributed by atoms with van der Waals surface area (Å²) in [5.41, 5.74) is 0.748. The molecule has 37 heavy (non-hydrogen) atoms. The van der Waals surface area contributed by atoms with Crippen molar-refractivity contribution in [3.05, 3.63) is 76.5 Å². The van der Waals surface area contributed by atoms with E-state index in [0.29, 0.717) is 28.6 Å². The lowest BCUT2D eigenvalue weighted by Gasteiger charge is -2.20. The number of anilines is 1. The molecule has 6 rings (SSSR count). The number of nitrogens with zero attached hydrogens (tertiary/aromatic N) is 2. The molecule has 192 valence electrons. The number of hydrogen-bond acceptors (Lipinski definition) is 7. The Balaban J connectivity index is 1.39. The van der Waals surface area contributed by atoms with E-state index >= 15 is 4.39 Å². The third-order valence-electron chi connectivity index (χ3n) is 7.16. The lowest BCUT2D eigenvalue weighted by atomic mass is 9.84. The van der Waals surface area contributed by atoms with Crippen LogP contribution in [-0.4, -0.2) is 37.5 Å². The van der Waals surface area contributed by atoms with Gasteiger partial charge in [0.25, 0.3) is 15.6 Å². The zero-order chi connectivity index (χ0) is 25.7. The van der Waals surface area contributed by atoms with E-state index in [9.17, 15) is 13.2 Å². The second kappa shape index (κ2) is 9.00. The van der Waals surface area contributed by atoms with Crippen LogP contribution in [-0.2, 0) is 21.2 Å². The minimum atomic E-state index is -3.96. The van der Waals surface area contributed by atoms with Gasteiger partial charge in [-0.05, 0) is 67.5 Å². The van der Waals surface area contributed by atoms with E-state index in [4.69, 9.17) is 9.47 Å². The topological polar surface area (TPSA) is 113 Å². The Labute approximate surface area is 211 Å². The summed E-state index contributed by atoms with van der Waals surface area (Å²) in [6.45, 7) is 0. The van der Waals surface area contributed by atoms with Crippen molar-refractivity contribution in [3.8, 4) is 11.4 Å². The van der Waals surface area contributed by atoms with Crippen LogP contribution in [0.3, 0.4) is 0 Å². The first-order valence-corrected chi connectivity index (χ1v) is 13.4. The van der Waals surface area contributed by atoms with Crippen molar-refractivity contribution in [2.24, 2.45) is 5.92 Å². The van der Waals surface area contributed by atoms with Gasteiger partial charge in [-0.1, -0.05) is 5.16 Å². The number of hydrogen-bond donors (Lipinski definition) is 1. The second-order valence-electron chi connectivity index (χ2n) is 9.41. The fourth-order valence-electron chi connectivity index (χ4n) is 5.42. The van der Waals surface area contributed by atoms with Crippen LogP contribution >= 0.6 is 0 Å². The number of nitrogens with one attached hydrogen (secondary N) is 1. The number of halogens is 1. The first-order chi connectivity index (χ1) is 17.8. The zero-order valence-electron chi connectivity index (χ0n) is 19.9. The van der Waals surface area contributed by atoms with Crippen LogP contribution in [0.15, 0.2) is 69.0 Å². The maximum atomic E-state index is 15.4. The van der Waals surface area contributed by atoms with E-state index in [1.54, 1.807) is 6.07 Å². The quantitative estimate of drug-likeness (QED) is 0.388. The van der Waals surface area contributed by atoms with E-state index < -0.39 is 21.4 Å². The molecule has 2 aromatic carbocycles. The molecule has 0 unspecified atom stereocenters. The Hall–Kier alpha value is -3.70. The van der Waals surface area contributed by atoms with E-state index in [1.807, 2.05) is 0 Å². The van der Waals surface area contributed by atoms with E-state index in [2.05, 4.69) is 14.4 Å². The summed E-state index contributed by atoms with van der Waals surface area (Å²) < 4.78 is 60.8. The van der Waals surface area contributed by atoms with Gasteiger partial charge in [0.2, 0.25) is 0 Å². The summed E-state index contributed by atoms with van der Waals surface area (Å²) in [7, 11) is -2.49. The molecule has 2 bridgehead atoms. The maximum Gasteiger partial charge on any atom is 0.263 e. The molecule has 2 fully saturated rings. The molecule has 0 saturated carbocycles. The van der Waals surface area contributed by atoms with Gasteiger partial charge < -0.3 is 14.0 Å². The van der Waals surface area contributed by atoms with Gasteiger partial charge in [0, 0.05) is 23.6 Å². The Morgan fingerprint density at radius 3 is 2.73 bits per heavy atom. The number of pyridine rings is 1. The normalized spacial score (nSPS) is 21.0. The van der Waals surface area contributed by atoms with Gasteiger partial charge in [0.05, 0.1) is 35.4 Å². The Morgan fingerprint density at radius 2 is 2.03 bits per heavy atom. The largest absolute Gasteiger partial charge is 0.495 e. The third-order valence-corrected chi connectivity index (χ3v) is 8.51. The smallest absolute Gasteiger partial charge is 0.263 e. The van der Waals surface area contributed by atoms with E-state index in [-0.39, 0.29) is 34.5 Å². The van der Waals surface area contributed by atoms with Crippen molar-refractivity contribution in [1.29, 1.82) is 0 Å². The molecule has 0 amide bonds. The monoisotopic (exact) mass is 525 g/mol. The highest BCUT2D eigenvalue weighted by atomic mass is 32.2. The van der Waals surface area contributed by atoms with Gasteiger partial charge in [-0.2, -0.15) is 0 Å². The fraction of sp³-hybridized carbons (Fsp3) is 0.308. The molecule has 0 spiro atoms. The maximum absolute atomic E-state index is 15.4. The van der Waals surface area contributed by atoms with Crippen molar-refractivity contribution >= 4 is 26.7 Å². The first kappa shape index (κ1) is 23.7. The van der Waals surface area contributed by atoms with Gasteiger partial charge in [-0.15, -0.1) is 0 Å². The Morgan fingerprint density at radius 1 is 1.16 bits per heavy atom. The number of methoxy groups -OCH3 is 1. The molecule has 2 saturated heterocycles. The molecule has 1 N–H and O–H groups in total. The van der Waals surface area contributed by atoms with E-state index in [0.717, 1.165) is 19.3 Å². The Bertz CT molecular complexity index is 1650. The van der Waals surface area contributed by atoms with Crippen LogP contribution in [0.5, 0.6) is 5.75 Å². The van der Waals surface area contributed by atoms with Gasteiger partial charge in [0.1, 0.15) is 17.8 Å². The molecule has 0 radical (unpaired) electrons. The molecule has 4 heterocycles. The average molecular weight is 526 g/mol. The molecule has 2 aliphatic rings. The highest BCUT2D eigenvalue weighted by Crippen LogP contribution is 2.41. The number of benzene rings is 2. The second-order valence-corrected chi connectivity index (χ2v) is 11.1. The highest BCUT2D eigenvalue weighted by Gasteiger charge is 2.40. The molecule has 2 aliphatic heterocycles. The minimum absolute atomic E-state index is 0.0326. The van der Waals surface area contributed by atoms with E-state index in [1.165, 1.54) is 60.4 Å². The van der Waals surface area contributed by atoms with Crippen molar-refractivity contribution in [2.45, 2.75) is 42.8 Å². The van der Waals surface area contributed by atoms with Crippen LogP contribution < -0.4 is 15.0 Å². The van der Waals surface area contributed by atoms with Gasteiger partial charge >= 0.3 is 0 Å². The standard InChI is InChI=1S/C26H24FN3O6S/c1-34-24-13-16(10-17-11-18-3-6-23(17)36-18)20(27)14-22(24)30-21-5-4-19(12-15(21)2-7-26(30)31)37(32,33)29-25-8-9-35-28-25/h2,4-5,7-9,12-14,17-18,23H,3,6,10-11H2,1H3,(H,28,29)/t17-,18+,23-/m0/s1. The molecule has 3 atom stereocenters. The van der Waals surface area contributed by atoms with Crippen molar-refractivity contribution in [2.75, 3.05) is 11.8 Å². The third kappa shape index (κ3) is 4.27. The summed E-state index contributed by atoms with van der Waals surface area (Å²) in [4.78, 5) is 12.9. The van der Waals surface area contributed by atoms with Crippen LogP contribution in [0.4, 0.5) is 10.2 Å². The molecule has 2 aromatic heterocycles. The summed E-state index contributed by atoms with van der Waals surface area (Å²) in [5, 5.41) is 4.03.